The Morgan fingerprint density at radius 1 is 1.07 bits per heavy atom. The minimum absolute atomic E-state index is 0.0697. The van der Waals surface area contributed by atoms with Gasteiger partial charge in [0.1, 0.15) is 5.60 Å². The Bertz CT molecular complexity index is 861. The maximum Gasteiger partial charge on any atom is 0.411 e. The molecule has 1 aliphatic carbocycles. The highest BCUT2D eigenvalue weighted by Gasteiger charge is 2.51. The van der Waals surface area contributed by atoms with Crippen molar-refractivity contribution in [3.8, 4) is 0 Å². The van der Waals surface area contributed by atoms with Crippen LogP contribution in [0.2, 0.25) is 0 Å². The summed E-state index contributed by atoms with van der Waals surface area (Å²) in [5.41, 5.74) is 1.14. The summed E-state index contributed by atoms with van der Waals surface area (Å²) in [6.45, 7) is 3.95. The summed E-state index contributed by atoms with van der Waals surface area (Å²) in [5.74, 6) is -0.0697. The third-order valence-electron chi connectivity index (χ3n) is 5.98. The predicted octanol–water partition coefficient (Wildman–Crippen LogP) is 4.09. The van der Waals surface area contributed by atoms with Gasteiger partial charge in [-0.05, 0) is 57.2 Å². The molecule has 1 saturated heterocycles. The quantitative estimate of drug-likeness (QED) is 0.849. The molecule has 1 aromatic heterocycles. The van der Waals surface area contributed by atoms with E-state index in [0.29, 0.717) is 5.56 Å². The van der Waals surface area contributed by atoms with Crippen molar-refractivity contribution in [2.45, 2.75) is 63.3 Å². The summed E-state index contributed by atoms with van der Waals surface area (Å²) in [7, 11) is 0. The molecule has 0 spiro atoms. The van der Waals surface area contributed by atoms with Gasteiger partial charge in [-0.3, -0.25) is 14.7 Å². The average molecular weight is 393 g/mol. The molecule has 2 aliphatic rings. The maximum absolute atomic E-state index is 12.7. The lowest BCUT2D eigenvalue weighted by atomic mass is 9.86. The Kier molecular flexibility index (Phi) is 5.26. The van der Waals surface area contributed by atoms with Crippen LogP contribution in [0.15, 0.2) is 54.9 Å². The first-order valence-corrected chi connectivity index (χ1v) is 10.2. The molecule has 1 saturated carbocycles. The Balaban J connectivity index is 1.43. The van der Waals surface area contributed by atoms with Crippen molar-refractivity contribution in [2.24, 2.45) is 0 Å². The summed E-state index contributed by atoms with van der Waals surface area (Å²) in [6.07, 6.45) is 6.37. The third kappa shape index (κ3) is 3.97. The fourth-order valence-corrected chi connectivity index (χ4v) is 4.60. The summed E-state index contributed by atoms with van der Waals surface area (Å²) < 4.78 is 5.74. The standard InChI is InChI=1S/C23H27N3O3/c1-23(2)20(16-6-4-3-5-7-16)26(22(28)29-23)19-10-8-18(9-11-19)25-21(27)17-12-14-24-15-13-17/h3-7,12-15,18-20H,8-11H2,1-2H3,(H,25,27)/t18-,19-,20-/m0/s1. The number of aromatic nitrogens is 1. The van der Waals surface area contributed by atoms with E-state index in [0.717, 1.165) is 31.2 Å². The number of carbonyl (C=O) groups is 2. The van der Waals surface area contributed by atoms with Crippen molar-refractivity contribution in [2.75, 3.05) is 0 Å². The first-order valence-electron chi connectivity index (χ1n) is 10.2. The van der Waals surface area contributed by atoms with E-state index in [1.807, 2.05) is 36.9 Å². The van der Waals surface area contributed by atoms with Gasteiger partial charge in [0.05, 0.1) is 6.04 Å². The molecule has 0 radical (unpaired) electrons. The van der Waals surface area contributed by atoms with Gasteiger partial charge in [-0.15, -0.1) is 0 Å². The maximum atomic E-state index is 12.7. The fraction of sp³-hybridized carbons (Fsp3) is 0.435. The van der Waals surface area contributed by atoms with Crippen LogP contribution < -0.4 is 5.32 Å². The van der Waals surface area contributed by atoms with Gasteiger partial charge in [-0.25, -0.2) is 4.79 Å². The molecule has 152 valence electrons. The number of cyclic esters (lactones) is 1. The van der Waals surface area contributed by atoms with E-state index in [2.05, 4.69) is 22.4 Å². The zero-order chi connectivity index (χ0) is 20.4. The van der Waals surface area contributed by atoms with Gasteiger partial charge in [0.25, 0.3) is 5.91 Å². The van der Waals surface area contributed by atoms with E-state index >= 15 is 0 Å². The van der Waals surface area contributed by atoms with Gasteiger partial charge >= 0.3 is 6.09 Å². The lowest BCUT2D eigenvalue weighted by molar-refractivity contribution is 0.0663. The molecule has 0 unspecified atom stereocenters. The molecule has 2 amide bonds. The summed E-state index contributed by atoms with van der Waals surface area (Å²) in [4.78, 5) is 31.0. The smallest absolute Gasteiger partial charge is 0.411 e. The van der Waals surface area contributed by atoms with Gasteiger partial charge in [0.2, 0.25) is 0 Å². The van der Waals surface area contributed by atoms with Crippen LogP contribution in [0.3, 0.4) is 0 Å². The van der Waals surface area contributed by atoms with Crippen LogP contribution in [0.25, 0.3) is 0 Å². The topological polar surface area (TPSA) is 71.5 Å². The monoisotopic (exact) mass is 393 g/mol. The largest absolute Gasteiger partial charge is 0.441 e. The molecule has 1 aromatic carbocycles. The van der Waals surface area contributed by atoms with Gasteiger partial charge in [0.15, 0.2) is 0 Å². The first kappa shape index (κ1) is 19.4. The third-order valence-corrected chi connectivity index (χ3v) is 5.98. The lowest BCUT2D eigenvalue weighted by Crippen LogP contribution is -2.46. The van der Waals surface area contributed by atoms with Crippen molar-refractivity contribution in [1.29, 1.82) is 0 Å². The number of pyridine rings is 1. The zero-order valence-corrected chi connectivity index (χ0v) is 16.9. The first-order chi connectivity index (χ1) is 14.0. The molecular weight excluding hydrogens is 366 g/mol. The number of rotatable bonds is 4. The van der Waals surface area contributed by atoms with Gasteiger partial charge in [-0.2, -0.15) is 0 Å². The van der Waals surface area contributed by atoms with Crippen molar-refractivity contribution in [3.05, 3.63) is 66.0 Å². The van der Waals surface area contributed by atoms with Gasteiger partial charge in [-0.1, -0.05) is 30.3 Å². The number of ether oxygens (including phenoxy) is 1. The molecule has 1 aliphatic heterocycles. The van der Waals surface area contributed by atoms with Crippen molar-refractivity contribution in [3.63, 3.8) is 0 Å². The number of nitrogens with one attached hydrogen (secondary N) is 1. The van der Waals surface area contributed by atoms with Crippen LogP contribution in [0.4, 0.5) is 4.79 Å². The number of benzene rings is 1. The van der Waals surface area contributed by atoms with E-state index in [-0.39, 0.29) is 30.1 Å². The molecule has 2 aromatic rings. The van der Waals surface area contributed by atoms with E-state index in [1.54, 1.807) is 24.5 Å². The molecule has 6 nitrogen and oxygen atoms in total. The van der Waals surface area contributed by atoms with E-state index in [1.165, 1.54) is 0 Å². The van der Waals surface area contributed by atoms with Crippen LogP contribution >= 0.6 is 0 Å². The number of carbonyl (C=O) groups excluding carboxylic acids is 2. The predicted molar refractivity (Wildman–Crippen MR) is 109 cm³/mol. The van der Waals surface area contributed by atoms with Crippen LogP contribution in [-0.4, -0.2) is 39.6 Å². The molecule has 1 atom stereocenters. The number of hydrogen-bond donors (Lipinski definition) is 1. The van der Waals surface area contributed by atoms with E-state index in [9.17, 15) is 9.59 Å². The van der Waals surface area contributed by atoms with Crippen molar-refractivity contribution < 1.29 is 14.3 Å². The highest BCUT2D eigenvalue weighted by molar-refractivity contribution is 5.94. The molecular formula is C23H27N3O3. The second-order valence-corrected chi connectivity index (χ2v) is 8.41. The summed E-state index contributed by atoms with van der Waals surface area (Å²) in [5, 5.41) is 3.12. The molecule has 2 fully saturated rings. The van der Waals surface area contributed by atoms with Crippen molar-refractivity contribution >= 4 is 12.0 Å². The minimum atomic E-state index is -0.579. The molecule has 4 rings (SSSR count). The number of hydrogen-bond acceptors (Lipinski definition) is 4. The second-order valence-electron chi connectivity index (χ2n) is 8.41. The fourth-order valence-electron chi connectivity index (χ4n) is 4.60. The van der Waals surface area contributed by atoms with Gasteiger partial charge in [0, 0.05) is 30.0 Å². The van der Waals surface area contributed by atoms with E-state index < -0.39 is 5.60 Å². The highest BCUT2D eigenvalue weighted by Crippen LogP contribution is 2.44. The molecule has 6 heteroatoms. The molecule has 0 bridgehead atoms. The average Bonchev–Trinajstić information content (AvgIpc) is 2.98. The van der Waals surface area contributed by atoms with Crippen LogP contribution in [-0.2, 0) is 4.74 Å². The Hall–Kier alpha value is -2.89. The van der Waals surface area contributed by atoms with Crippen LogP contribution in [0.1, 0.15) is 61.5 Å². The zero-order valence-electron chi connectivity index (χ0n) is 16.9. The minimum Gasteiger partial charge on any atom is -0.441 e. The van der Waals surface area contributed by atoms with Gasteiger partial charge < -0.3 is 10.1 Å². The van der Waals surface area contributed by atoms with E-state index in [4.69, 9.17) is 4.74 Å². The van der Waals surface area contributed by atoms with Crippen LogP contribution in [0, 0.1) is 0 Å². The van der Waals surface area contributed by atoms with Crippen molar-refractivity contribution in [1.82, 2.24) is 15.2 Å². The Labute approximate surface area is 171 Å². The summed E-state index contributed by atoms with van der Waals surface area (Å²) in [6, 6.07) is 13.7. The number of amides is 2. The molecule has 2 heterocycles. The molecule has 29 heavy (non-hydrogen) atoms. The highest BCUT2D eigenvalue weighted by atomic mass is 16.6. The lowest BCUT2D eigenvalue weighted by Gasteiger charge is -2.38. The normalized spacial score (nSPS) is 26.1. The Morgan fingerprint density at radius 3 is 2.38 bits per heavy atom. The summed E-state index contributed by atoms with van der Waals surface area (Å²) >= 11 is 0. The number of nitrogens with zero attached hydrogens (tertiary/aromatic N) is 2. The SMILES string of the molecule is CC1(C)OC(=O)N([C@H]2CC[C@H](NC(=O)c3ccncc3)CC2)[C@H]1c1ccccc1. The Morgan fingerprint density at radius 2 is 1.72 bits per heavy atom. The van der Waals surface area contributed by atoms with Crippen LogP contribution in [0.5, 0.6) is 0 Å². The molecule has 1 N–H and O–H groups in total. The second kappa shape index (κ2) is 7.85.